The van der Waals surface area contributed by atoms with Crippen molar-refractivity contribution in [1.29, 1.82) is 0 Å². The molecular weight excluding hydrogens is 295 g/mol. The van der Waals surface area contributed by atoms with Crippen molar-refractivity contribution in [2.45, 2.75) is 6.42 Å². The molecule has 2 rings (SSSR count). The molecule has 0 spiro atoms. The number of halogens is 3. The summed E-state index contributed by atoms with van der Waals surface area (Å²) in [6.07, 6.45) is 2.27. The molecule has 1 heterocycles. The first-order chi connectivity index (χ1) is 10.7. The van der Waals surface area contributed by atoms with Gasteiger partial charge < -0.3 is 15.7 Å². The number of rotatable bonds is 6. The summed E-state index contributed by atoms with van der Waals surface area (Å²) in [7, 11) is 0. The highest BCUT2D eigenvalue weighted by atomic mass is 20.0. The Labute approximate surface area is 126 Å². The van der Waals surface area contributed by atoms with Gasteiger partial charge in [0.2, 0.25) is 0 Å². The highest BCUT2D eigenvalue weighted by Gasteiger charge is 2.07. The summed E-state index contributed by atoms with van der Waals surface area (Å²) in [5, 5.41) is 9.14. The fourth-order valence-corrected chi connectivity index (χ4v) is 2.00. The smallest absolute Gasteiger partial charge is 0.128 e. The first-order valence-corrected chi connectivity index (χ1v) is 6.65. The highest BCUT2D eigenvalue weighted by Crippen LogP contribution is 2.13. The number of hydrogen-bond acceptors (Lipinski definition) is 4. The SMILES string of the molecule is FF.Nc1ccc(N(CCO)CCc2cccc(F)c2)nc1. The van der Waals surface area contributed by atoms with Crippen LogP contribution in [-0.2, 0) is 6.42 Å². The van der Waals surface area contributed by atoms with Gasteiger partial charge in [0.15, 0.2) is 0 Å². The average Bonchev–Trinajstić information content (AvgIpc) is 2.54. The van der Waals surface area contributed by atoms with Gasteiger partial charge in [-0.2, -0.15) is 0 Å². The molecule has 2 aromatic rings. The Hall–Kier alpha value is -2.28. The Morgan fingerprint density at radius 2 is 1.91 bits per heavy atom. The quantitative estimate of drug-likeness (QED) is 0.861. The average molecular weight is 313 g/mol. The minimum absolute atomic E-state index is 0.0369. The van der Waals surface area contributed by atoms with Crippen LogP contribution in [0, 0.1) is 5.82 Å². The number of aliphatic hydroxyl groups excluding tert-OH is 1. The van der Waals surface area contributed by atoms with E-state index in [4.69, 9.17) is 20.0 Å². The maximum atomic E-state index is 13.1. The molecule has 0 bridgehead atoms. The number of aliphatic hydroxyl groups is 1. The molecule has 120 valence electrons. The van der Waals surface area contributed by atoms with E-state index < -0.39 is 0 Å². The number of pyridine rings is 1. The summed E-state index contributed by atoms with van der Waals surface area (Å²) >= 11 is 0. The third-order valence-electron chi connectivity index (χ3n) is 3.02. The number of aromatic nitrogens is 1. The lowest BCUT2D eigenvalue weighted by Crippen LogP contribution is -2.29. The molecule has 1 aromatic carbocycles. The van der Waals surface area contributed by atoms with Crippen LogP contribution in [0.15, 0.2) is 42.6 Å². The molecule has 0 fully saturated rings. The summed E-state index contributed by atoms with van der Waals surface area (Å²) in [5.41, 5.74) is 7.13. The lowest BCUT2D eigenvalue weighted by atomic mass is 10.1. The highest BCUT2D eigenvalue weighted by molar-refractivity contribution is 5.45. The second-order valence-electron chi connectivity index (χ2n) is 4.54. The number of hydrogen-bond donors (Lipinski definition) is 2. The van der Waals surface area contributed by atoms with Gasteiger partial charge in [-0.05, 0) is 36.2 Å². The van der Waals surface area contributed by atoms with E-state index in [1.54, 1.807) is 18.3 Å². The Morgan fingerprint density at radius 1 is 1.14 bits per heavy atom. The molecule has 0 unspecified atom stereocenters. The first-order valence-electron chi connectivity index (χ1n) is 6.65. The third-order valence-corrected chi connectivity index (χ3v) is 3.02. The molecule has 22 heavy (non-hydrogen) atoms. The van der Waals surface area contributed by atoms with Crippen LogP contribution in [0.4, 0.5) is 25.0 Å². The normalized spacial score (nSPS) is 9.82. The zero-order valence-corrected chi connectivity index (χ0v) is 11.9. The molecule has 7 heteroatoms. The van der Waals surface area contributed by atoms with Crippen LogP contribution in [0.25, 0.3) is 0 Å². The van der Waals surface area contributed by atoms with Gasteiger partial charge in [0.1, 0.15) is 11.6 Å². The molecule has 0 aliphatic rings. The van der Waals surface area contributed by atoms with Gasteiger partial charge in [0, 0.05) is 22.2 Å². The summed E-state index contributed by atoms with van der Waals surface area (Å²) in [4.78, 5) is 6.19. The first kappa shape index (κ1) is 17.8. The van der Waals surface area contributed by atoms with E-state index in [-0.39, 0.29) is 12.4 Å². The Morgan fingerprint density at radius 3 is 2.50 bits per heavy atom. The minimum atomic E-state index is -0.234. The van der Waals surface area contributed by atoms with E-state index in [0.717, 1.165) is 11.4 Å². The molecule has 1 aromatic heterocycles. The van der Waals surface area contributed by atoms with Crippen molar-refractivity contribution in [3.05, 3.63) is 54.0 Å². The molecule has 0 aliphatic heterocycles. The topological polar surface area (TPSA) is 62.4 Å². The summed E-state index contributed by atoms with van der Waals surface area (Å²) in [5.74, 6) is 0.520. The van der Waals surface area contributed by atoms with Crippen LogP contribution >= 0.6 is 0 Å². The fraction of sp³-hybridized carbons (Fsp3) is 0.267. The maximum Gasteiger partial charge on any atom is 0.128 e. The molecule has 0 radical (unpaired) electrons. The molecule has 0 amide bonds. The van der Waals surface area contributed by atoms with Crippen LogP contribution in [0.3, 0.4) is 0 Å². The zero-order valence-electron chi connectivity index (χ0n) is 11.9. The summed E-state index contributed by atoms with van der Waals surface area (Å²) in [6.45, 7) is 1.17. The standard InChI is InChI=1S/C15H18FN3O.F2/c16-13-3-1-2-12(10-13)6-7-19(8-9-20)15-5-4-14(17)11-18-15;1-2/h1-5,10-11,20H,6-9,17H2;. The molecule has 3 N–H and O–H groups in total. The van der Waals surface area contributed by atoms with Crippen LogP contribution < -0.4 is 10.6 Å². The molecule has 0 atom stereocenters. The lowest BCUT2D eigenvalue weighted by molar-refractivity contribution is 0.108. The minimum Gasteiger partial charge on any atom is -0.397 e. The summed E-state index contributed by atoms with van der Waals surface area (Å²) in [6, 6.07) is 10.1. The second-order valence-corrected chi connectivity index (χ2v) is 4.54. The number of nitrogens with zero attached hydrogens (tertiary/aromatic N) is 2. The van der Waals surface area contributed by atoms with Crippen molar-refractivity contribution < 1.29 is 18.6 Å². The van der Waals surface area contributed by atoms with Crippen LogP contribution in [-0.4, -0.2) is 29.8 Å². The number of benzene rings is 1. The lowest BCUT2D eigenvalue weighted by Gasteiger charge is -2.22. The fourth-order valence-electron chi connectivity index (χ4n) is 2.00. The molecular formula is C15H18F3N3O. The van der Waals surface area contributed by atoms with Gasteiger partial charge in [-0.1, -0.05) is 12.1 Å². The number of nitrogens with two attached hydrogens (primary N) is 1. The molecule has 4 nitrogen and oxygen atoms in total. The Kier molecular flexibility index (Phi) is 7.77. The van der Waals surface area contributed by atoms with E-state index in [1.807, 2.05) is 17.0 Å². The molecule has 0 saturated carbocycles. The molecule has 0 aliphatic carbocycles. The van der Waals surface area contributed by atoms with Crippen LogP contribution in [0.5, 0.6) is 0 Å². The van der Waals surface area contributed by atoms with Gasteiger partial charge in [-0.15, -0.1) is 0 Å². The van der Waals surface area contributed by atoms with Gasteiger partial charge in [0.25, 0.3) is 0 Å². The van der Waals surface area contributed by atoms with Gasteiger partial charge >= 0.3 is 0 Å². The van der Waals surface area contributed by atoms with Crippen molar-refractivity contribution in [1.82, 2.24) is 4.98 Å². The predicted octanol–water partition coefficient (Wildman–Crippen LogP) is 2.68. The Bertz CT molecular complexity index is 552. The van der Waals surface area contributed by atoms with Crippen molar-refractivity contribution in [3.8, 4) is 0 Å². The predicted molar refractivity (Wildman–Crippen MR) is 80.3 cm³/mol. The van der Waals surface area contributed by atoms with Crippen molar-refractivity contribution in [3.63, 3.8) is 0 Å². The van der Waals surface area contributed by atoms with E-state index >= 15 is 0 Å². The number of anilines is 2. The van der Waals surface area contributed by atoms with Crippen LogP contribution in [0.2, 0.25) is 0 Å². The van der Waals surface area contributed by atoms with Gasteiger partial charge in [-0.25, -0.2) is 9.37 Å². The van der Waals surface area contributed by atoms with E-state index in [2.05, 4.69) is 4.98 Å². The van der Waals surface area contributed by atoms with E-state index in [0.29, 0.717) is 25.2 Å². The monoisotopic (exact) mass is 313 g/mol. The van der Waals surface area contributed by atoms with Gasteiger partial charge in [0.05, 0.1) is 18.5 Å². The van der Waals surface area contributed by atoms with Gasteiger partial charge in [-0.3, -0.25) is 0 Å². The Balaban J connectivity index is 0.00000116. The van der Waals surface area contributed by atoms with Crippen molar-refractivity contribution in [2.75, 3.05) is 30.3 Å². The van der Waals surface area contributed by atoms with E-state index in [9.17, 15) is 4.39 Å². The number of nitrogen functional groups attached to an aromatic ring is 1. The third kappa shape index (κ3) is 5.61. The van der Waals surface area contributed by atoms with Crippen molar-refractivity contribution in [2.24, 2.45) is 0 Å². The summed E-state index contributed by atoms with van der Waals surface area (Å²) < 4.78 is 29.1. The van der Waals surface area contributed by atoms with E-state index in [1.165, 1.54) is 12.1 Å². The molecule has 0 saturated heterocycles. The zero-order chi connectivity index (χ0) is 16.4. The van der Waals surface area contributed by atoms with Crippen molar-refractivity contribution >= 4 is 11.5 Å². The maximum absolute atomic E-state index is 13.1. The second kappa shape index (κ2) is 9.62. The largest absolute Gasteiger partial charge is 0.397 e. The van der Waals surface area contributed by atoms with Crippen LogP contribution in [0.1, 0.15) is 5.56 Å².